The minimum atomic E-state index is 0. The third kappa shape index (κ3) is 14.8. The average Bonchev–Trinajstić information content (AvgIpc) is 0.796. The summed E-state index contributed by atoms with van der Waals surface area (Å²) < 4.78 is 0. The largest absolute Gasteiger partial charge is 0.264 e. The summed E-state index contributed by atoms with van der Waals surface area (Å²) in [6, 6.07) is 99.3. The number of fused-ring (bicyclic) bond motifs is 4. The van der Waals surface area contributed by atoms with E-state index >= 15 is 0 Å². The third-order valence-electron chi connectivity index (χ3n) is 17.9. The number of nitrogens with zero attached hydrogens (tertiary/aromatic N) is 16. The molecule has 0 atom stereocenters. The zero-order valence-corrected chi connectivity index (χ0v) is 56.6. The summed E-state index contributed by atoms with van der Waals surface area (Å²) in [6.45, 7) is 0. The van der Waals surface area contributed by atoms with Crippen LogP contribution in [0.4, 0.5) is 0 Å². The van der Waals surface area contributed by atoms with E-state index in [2.05, 4.69) is 126 Å². The molecule has 0 saturated carbocycles. The molecular weight excluding hydrogens is 1320 g/mol. The molecule has 0 bridgehead atoms. The monoisotopic (exact) mass is 1380 g/mol. The van der Waals surface area contributed by atoms with Crippen LogP contribution in [0.1, 0.15) is 7.43 Å². The van der Waals surface area contributed by atoms with E-state index in [0.717, 1.165) is 127 Å². The van der Waals surface area contributed by atoms with Crippen molar-refractivity contribution in [1.82, 2.24) is 79.7 Å². The van der Waals surface area contributed by atoms with Crippen molar-refractivity contribution in [2.75, 3.05) is 0 Å². The Hall–Kier alpha value is -14.9. The number of rotatable bonds is 12. The molecule has 0 spiro atoms. The second kappa shape index (κ2) is 30.7. The lowest BCUT2D eigenvalue weighted by Gasteiger charge is -2.10. The number of pyridine rings is 3. The summed E-state index contributed by atoms with van der Waals surface area (Å²) in [4.78, 5) is 73.7. The topological polar surface area (TPSA) is 206 Å². The van der Waals surface area contributed by atoms with Crippen LogP contribution in [-0.2, 0) is 0 Å². The maximum atomic E-state index is 4.91. The number of hydrogen-bond acceptors (Lipinski definition) is 16. The average molecular weight is 1380 g/mol. The van der Waals surface area contributed by atoms with Gasteiger partial charge in [0.15, 0.2) is 52.4 Å². The zero-order chi connectivity index (χ0) is 70.8. The molecule has 0 amide bonds. The molecule has 16 heteroatoms. The lowest BCUT2D eigenvalue weighted by Crippen LogP contribution is -2.00. The van der Waals surface area contributed by atoms with E-state index in [0.29, 0.717) is 52.4 Å². The highest BCUT2D eigenvalue weighted by atomic mass is 15.1. The van der Waals surface area contributed by atoms with Crippen molar-refractivity contribution in [2.45, 2.75) is 7.43 Å². The fourth-order valence-corrected chi connectivity index (χ4v) is 12.5. The van der Waals surface area contributed by atoms with Gasteiger partial charge in [0.1, 0.15) is 12.7 Å². The first-order valence-electron chi connectivity index (χ1n) is 34.3. The highest BCUT2D eigenvalue weighted by molar-refractivity contribution is 5.95. The molecule has 19 aromatic rings. The van der Waals surface area contributed by atoms with E-state index in [1.165, 1.54) is 0 Å². The van der Waals surface area contributed by atoms with E-state index in [-0.39, 0.29) is 7.43 Å². The predicted octanol–water partition coefficient (Wildman–Crippen LogP) is 20.6. The van der Waals surface area contributed by atoms with Gasteiger partial charge < -0.3 is 0 Å². The third-order valence-corrected chi connectivity index (χ3v) is 17.9. The molecule has 0 aliphatic rings. The van der Waals surface area contributed by atoms with Crippen molar-refractivity contribution in [3.8, 4) is 136 Å². The van der Waals surface area contributed by atoms with Crippen molar-refractivity contribution < 1.29 is 0 Å². The Labute approximate surface area is 616 Å². The Morgan fingerprint density at radius 2 is 0.542 bits per heavy atom. The molecule has 107 heavy (non-hydrogen) atoms. The summed E-state index contributed by atoms with van der Waals surface area (Å²) in [5, 5.41) is 5.25. The van der Waals surface area contributed by atoms with Gasteiger partial charge in [0.2, 0.25) is 0 Å². The Morgan fingerprint density at radius 3 is 1.07 bits per heavy atom. The van der Waals surface area contributed by atoms with Gasteiger partial charge in [0.25, 0.3) is 0 Å². The minimum absolute atomic E-state index is 0. The highest BCUT2D eigenvalue weighted by Gasteiger charge is 2.18. The lowest BCUT2D eigenvalue weighted by atomic mass is 10.0. The molecule has 0 aliphatic heterocycles. The van der Waals surface area contributed by atoms with E-state index in [1.54, 1.807) is 31.2 Å². The van der Waals surface area contributed by atoms with Gasteiger partial charge in [-0.2, -0.15) is 0 Å². The summed E-state index contributed by atoms with van der Waals surface area (Å²) >= 11 is 0. The van der Waals surface area contributed by atoms with E-state index in [9.17, 15) is 0 Å². The first kappa shape index (κ1) is 66.6. The molecule has 0 saturated heterocycles. The molecule has 506 valence electrons. The van der Waals surface area contributed by atoms with Crippen molar-refractivity contribution >= 4 is 43.5 Å². The molecule has 0 fully saturated rings. The lowest BCUT2D eigenvalue weighted by molar-refractivity contribution is 1.07. The van der Waals surface area contributed by atoms with Gasteiger partial charge in [-0.05, 0) is 58.5 Å². The summed E-state index contributed by atoms with van der Waals surface area (Å²) in [5.41, 5.74) is 17.5. The highest BCUT2D eigenvalue weighted by Crippen LogP contribution is 2.35. The second-order valence-corrected chi connectivity index (χ2v) is 24.7. The van der Waals surface area contributed by atoms with Crippen LogP contribution >= 0.6 is 0 Å². The van der Waals surface area contributed by atoms with Crippen LogP contribution in [-0.4, -0.2) is 79.7 Å². The molecule has 0 aliphatic carbocycles. The van der Waals surface area contributed by atoms with Crippen LogP contribution in [0.3, 0.4) is 0 Å². The first-order chi connectivity index (χ1) is 52.5. The molecule has 8 heterocycles. The fraction of sp³-hybridized carbons (Fsp3) is 0.0110. The Balaban J connectivity index is 0.000000123. The van der Waals surface area contributed by atoms with Crippen LogP contribution in [0, 0.1) is 0 Å². The predicted molar refractivity (Wildman–Crippen MR) is 426 cm³/mol. The van der Waals surface area contributed by atoms with Crippen LogP contribution in [0.5, 0.6) is 0 Å². The van der Waals surface area contributed by atoms with Crippen molar-refractivity contribution in [3.05, 3.63) is 353 Å². The van der Waals surface area contributed by atoms with E-state index in [1.807, 2.05) is 231 Å². The van der Waals surface area contributed by atoms with Gasteiger partial charge >= 0.3 is 0 Å². The van der Waals surface area contributed by atoms with Gasteiger partial charge in [0.05, 0.1) is 16.6 Å². The van der Waals surface area contributed by atoms with Crippen LogP contribution < -0.4 is 0 Å². The molecule has 16 nitrogen and oxygen atoms in total. The Bertz CT molecular complexity index is 5970. The SMILES string of the molecule is C.c1ccc(-c2nc(-c3ccc(-c4cccc5cccnc45)cc3)nc(-c3ccc4cnccc4c3)n2)cc1.c1ccc(-c2nc(-c3ccc(-c4cccc5cncnc45)cc3)nc(-c3ccc4cncnc4c3)n2)cc1.c1ccc(-c2nc(-c3ccccc3)nc(-c3cccc(-c4cccnc4)c3)n2)cc1. The Kier molecular flexibility index (Phi) is 19.1. The molecule has 11 aromatic carbocycles. The van der Waals surface area contributed by atoms with Gasteiger partial charge in [0, 0.05) is 132 Å². The molecule has 19 rings (SSSR count). The normalized spacial score (nSPS) is 10.9. The minimum Gasteiger partial charge on any atom is -0.264 e. The number of hydrogen-bond donors (Lipinski definition) is 0. The fourth-order valence-electron chi connectivity index (χ4n) is 12.5. The summed E-state index contributed by atoms with van der Waals surface area (Å²) in [5.74, 6) is 5.67. The summed E-state index contributed by atoms with van der Waals surface area (Å²) in [6.07, 6.45) is 15.9. The van der Waals surface area contributed by atoms with Gasteiger partial charge in [-0.1, -0.05) is 268 Å². The maximum absolute atomic E-state index is 4.91. The van der Waals surface area contributed by atoms with Crippen molar-refractivity contribution in [2.24, 2.45) is 0 Å². The summed E-state index contributed by atoms with van der Waals surface area (Å²) in [7, 11) is 0. The molecule has 0 N–H and O–H groups in total. The number of para-hydroxylation sites is 2. The molecule has 8 aromatic heterocycles. The van der Waals surface area contributed by atoms with Crippen LogP contribution in [0.25, 0.3) is 179 Å². The van der Waals surface area contributed by atoms with Gasteiger partial charge in [-0.15, -0.1) is 0 Å². The van der Waals surface area contributed by atoms with Crippen LogP contribution in [0.2, 0.25) is 0 Å². The first-order valence-corrected chi connectivity index (χ1v) is 34.3. The molecular formula is C91H62N16. The second-order valence-electron chi connectivity index (χ2n) is 24.7. The quantitative estimate of drug-likeness (QED) is 0.111. The van der Waals surface area contributed by atoms with Crippen LogP contribution in [0.15, 0.2) is 353 Å². The maximum Gasteiger partial charge on any atom is 0.164 e. The molecule has 0 radical (unpaired) electrons. The molecule has 0 unspecified atom stereocenters. The smallest absolute Gasteiger partial charge is 0.164 e. The standard InChI is InChI=1S/C33H21N5.C31H19N7.C26H18N4.CH4/c1-2-6-24(7-3-1)31-36-32(38-33(37-31)27-15-16-28-21-34-19-17-26(28)20-27)25-13-11-22(12-14-25)29-10-4-8-23-9-5-18-35-30(23)29;1-2-5-21(6-3-1)29-36-30(38-31(37-29)23-13-14-24-16-32-18-34-27(24)15-23)22-11-9-20(10-12-22)26-8-4-7-25-17-33-19-35-28(25)26;1-3-9-19(10-4-1)24-28-25(20-11-5-2-6-12-20)30-26(29-24)22-14-7-13-21(17-22)23-15-8-16-27-18-23;/h1-21H;1-19H;1-18H;1H4. The zero-order valence-electron chi connectivity index (χ0n) is 56.6. The number of aromatic nitrogens is 16. The van der Waals surface area contributed by atoms with Gasteiger partial charge in [-0.25, -0.2) is 64.8 Å². The Morgan fingerprint density at radius 1 is 0.178 bits per heavy atom. The van der Waals surface area contributed by atoms with E-state index < -0.39 is 0 Å². The van der Waals surface area contributed by atoms with Crippen molar-refractivity contribution in [1.29, 1.82) is 0 Å². The van der Waals surface area contributed by atoms with E-state index in [4.69, 9.17) is 44.9 Å². The van der Waals surface area contributed by atoms with Gasteiger partial charge in [-0.3, -0.25) is 15.0 Å². The van der Waals surface area contributed by atoms with Crippen molar-refractivity contribution in [3.63, 3.8) is 0 Å². The number of benzene rings is 11.